The number of nitrogens with zero attached hydrogens (tertiary/aromatic N) is 3. The van der Waals surface area contributed by atoms with Gasteiger partial charge in [0.25, 0.3) is 11.8 Å². The molecule has 0 saturated carbocycles. The Balaban J connectivity index is 1.62. The highest BCUT2D eigenvalue weighted by atomic mass is 35.5. The van der Waals surface area contributed by atoms with E-state index in [2.05, 4.69) is 20.8 Å². The average molecular weight is 524 g/mol. The van der Waals surface area contributed by atoms with Crippen LogP contribution in [0.25, 0.3) is 0 Å². The molecule has 4 N–H and O–H groups in total. The molecule has 2 aromatic rings. The summed E-state index contributed by atoms with van der Waals surface area (Å²) in [5.74, 6) is -2.68. The first kappa shape index (κ1) is 25.9. The van der Waals surface area contributed by atoms with E-state index in [0.29, 0.717) is 6.42 Å². The summed E-state index contributed by atoms with van der Waals surface area (Å²) in [6.45, 7) is 3.11. The third kappa shape index (κ3) is 5.69. The summed E-state index contributed by atoms with van der Waals surface area (Å²) in [6.07, 6.45) is 2.60. The van der Waals surface area contributed by atoms with Gasteiger partial charge in [0, 0.05) is 25.2 Å². The fourth-order valence-corrected chi connectivity index (χ4v) is 3.83. The fraction of sp³-hybridized carbons (Fsp3) is 0.286. The number of pyridine rings is 1. The number of halogens is 1. The van der Waals surface area contributed by atoms with Gasteiger partial charge in [0.05, 0.1) is 22.5 Å². The number of benzene rings is 1. The number of thiol groups is 1. The van der Waals surface area contributed by atoms with Crippen LogP contribution >= 0.6 is 11.6 Å². The highest BCUT2D eigenvalue weighted by Crippen LogP contribution is 2.35. The molecule has 1 aromatic heterocycles. The molecule has 12 nitrogen and oxygen atoms in total. The third-order valence-electron chi connectivity index (χ3n) is 5.33. The van der Waals surface area contributed by atoms with Crippen LogP contribution in [0, 0.1) is 0 Å². The van der Waals surface area contributed by atoms with Gasteiger partial charge in [-0.15, -0.1) is 0 Å². The molecule has 0 bridgehead atoms. The van der Waals surface area contributed by atoms with Crippen LogP contribution in [0.5, 0.6) is 11.5 Å². The zero-order valence-electron chi connectivity index (χ0n) is 18.6. The summed E-state index contributed by atoms with van der Waals surface area (Å²) in [5.41, 5.74) is 2.24. The molecule has 3 rings (SSSR count). The number of phenols is 2. The van der Waals surface area contributed by atoms with E-state index in [-0.39, 0.29) is 40.5 Å². The maximum Gasteiger partial charge on any atom is 0.289 e. The molecule has 2 atom stereocenters. The van der Waals surface area contributed by atoms with Crippen LogP contribution in [0.3, 0.4) is 0 Å². The Morgan fingerprint density at radius 1 is 1.29 bits per heavy atom. The van der Waals surface area contributed by atoms with Crippen LogP contribution in [0.4, 0.5) is 5.69 Å². The predicted molar refractivity (Wildman–Crippen MR) is 127 cm³/mol. The number of phenolic OH excluding ortho intramolecular Hbond substituents is 2. The zero-order valence-corrected chi connectivity index (χ0v) is 20.2. The number of rotatable bonds is 8. The van der Waals surface area contributed by atoms with Crippen molar-refractivity contribution in [3.05, 3.63) is 46.7 Å². The molecular formula is C21H22ClN5O7S. The largest absolute Gasteiger partial charge is 0.504 e. The smallest absolute Gasteiger partial charge is 0.289 e. The van der Waals surface area contributed by atoms with Crippen LogP contribution in [-0.2, 0) is 15.5 Å². The van der Waals surface area contributed by atoms with Crippen molar-refractivity contribution < 1.29 is 33.0 Å². The lowest BCUT2D eigenvalue weighted by Crippen LogP contribution is -2.57. The van der Waals surface area contributed by atoms with Gasteiger partial charge in [-0.1, -0.05) is 11.6 Å². The summed E-state index contributed by atoms with van der Waals surface area (Å²) < 4.78 is 22.0. The second-order valence-electron chi connectivity index (χ2n) is 8.07. The van der Waals surface area contributed by atoms with Crippen molar-refractivity contribution in [2.24, 2.45) is 5.10 Å². The van der Waals surface area contributed by atoms with Crippen LogP contribution in [0.1, 0.15) is 41.1 Å². The van der Waals surface area contributed by atoms with E-state index >= 15 is 0 Å². The van der Waals surface area contributed by atoms with Crippen molar-refractivity contribution in [1.29, 1.82) is 0 Å². The van der Waals surface area contributed by atoms with Crippen LogP contribution in [-0.4, -0.2) is 69.8 Å². The first-order chi connectivity index (χ1) is 16.4. The molecule has 0 aliphatic carbocycles. The topological polar surface area (TPSA) is 178 Å². The Labute approximate surface area is 206 Å². The van der Waals surface area contributed by atoms with E-state index in [9.17, 15) is 33.0 Å². The minimum absolute atomic E-state index is 0.0692. The number of hydrazone groups is 1. The van der Waals surface area contributed by atoms with Gasteiger partial charge in [-0.05, 0) is 38.1 Å². The average Bonchev–Trinajstić information content (AvgIpc) is 2.81. The molecule has 2 heterocycles. The highest BCUT2D eigenvalue weighted by molar-refractivity contribution is 7.75. The van der Waals surface area contributed by atoms with Crippen LogP contribution < -0.4 is 10.7 Å². The standard InChI is InChI=1S/C21H22ClN5O7S/c1-11-7-16(29)27(11)10-21(2,35(33)34)9-24-26-20(32)14-5-3-12(8-23-14)25-19(31)13-4-6-15(28)18(30)17(13)22/h3-6,8-9,11,28,30,35H,7,10H2,1-2H3,(H,25,31)(H,26,32)/b24-9+/t11-,21+/m1/s1. The Morgan fingerprint density at radius 2 is 2.00 bits per heavy atom. The lowest BCUT2D eigenvalue weighted by Gasteiger charge is -2.41. The number of anilines is 1. The molecule has 1 fully saturated rings. The molecular weight excluding hydrogens is 502 g/mol. The minimum Gasteiger partial charge on any atom is -0.504 e. The van der Waals surface area contributed by atoms with Gasteiger partial charge in [0.1, 0.15) is 10.4 Å². The van der Waals surface area contributed by atoms with E-state index in [1.807, 2.05) is 0 Å². The van der Waals surface area contributed by atoms with Crippen molar-refractivity contribution in [2.75, 3.05) is 11.9 Å². The van der Waals surface area contributed by atoms with Gasteiger partial charge in [-0.25, -0.2) is 18.8 Å². The van der Waals surface area contributed by atoms with Crippen molar-refractivity contribution in [3.63, 3.8) is 0 Å². The van der Waals surface area contributed by atoms with Crippen molar-refractivity contribution in [3.8, 4) is 11.5 Å². The molecule has 1 saturated heterocycles. The lowest BCUT2D eigenvalue weighted by molar-refractivity contribution is -0.145. The second-order valence-corrected chi connectivity index (χ2v) is 9.98. The predicted octanol–water partition coefficient (Wildman–Crippen LogP) is 1.10. The molecule has 1 aromatic carbocycles. The monoisotopic (exact) mass is 523 g/mol. The van der Waals surface area contributed by atoms with Crippen LogP contribution in [0.2, 0.25) is 5.02 Å². The van der Waals surface area contributed by atoms with Gasteiger partial charge in [0.15, 0.2) is 22.2 Å². The molecule has 0 radical (unpaired) electrons. The number of aromatic nitrogens is 1. The number of nitrogens with one attached hydrogen (secondary N) is 2. The maximum absolute atomic E-state index is 12.4. The lowest BCUT2D eigenvalue weighted by atomic mass is 10.0. The second kappa shape index (κ2) is 10.3. The van der Waals surface area contributed by atoms with Crippen molar-refractivity contribution in [1.82, 2.24) is 15.3 Å². The van der Waals surface area contributed by atoms with E-state index in [1.165, 1.54) is 36.2 Å². The quantitative estimate of drug-likeness (QED) is 0.112. The summed E-state index contributed by atoms with van der Waals surface area (Å²) in [6, 6.07) is 4.94. The number of amides is 3. The Kier molecular flexibility index (Phi) is 7.60. The number of hydrogen-bond donors (Lipinski definition) is 5. The number of likely N-dealkylation sites (tertiary alicyclic amines) is 1. The Morgan fingerprint density at radius 3 is 2.57 bits per heavy atom. The molecule has 0 spiro atoms. The van der Waals surface area contributed by atoms with Gasteiger partial charge in [-0.2, -0.15) is 5.10 Å². The van der Waals surface area contributed by atoms with Crippen molar-refractivity contribution in [2.45, 2.75) is 31.1 Å². The summed E-state index contributed by atoms with van der Waals surface area (Å²) in [5, 5.41) is 24.9. The number of hydrogen-bond acceptors (Lipinski definition) is 9. The number of carbonyl (C=O) groups excluding carboxylic acids is 3. The molecule has 186 valence electrons. The number of β-lactam (4-membered cyclic amide) rings is 1. The van der Waals surface area contributed by atoms with Gasteiger partial charge < -0.3 is 20.4 Å². The molecule has 35 heavy (non-hydrogen) atoms. The summed E-state index contributed by atoms with van der Waals surface area (Å²) in [7, 11) is -3.00. The zero-order chi connectivity index (χ0) is 25.9. The Bertz CT molecular complexity index is 1270. The number of aromatic hydroxyl groups is 2. The maximum atomic E-state index is 12.4. The third-order valence-corrected chi connectivity index (χ3v) is 6.81. The van der Waals surface area contributed by atoms with E-state index in [1.54, 1.807) is 6.92 Å². The first-order valence-electron chi connectivity index (χ1n) is 10.2. The number of carbonyl (C=O) groups is 3. The molecule has 1 aliphatic heterocycles. The molecule has 1 aliphatic rings. The summed E-state index contributed by atoms with van der Waals surface area (Å²) in [4.78, 5) is 41.7. The normalized spacial score (nSPS) is 17.2. The Hall–Kier alpha value is -3.71. The fourth-order valence-electron chi connectivity index (χ4n) is 3.17. The van der Waals surface area contributed by atoms with E-state index in [0.717, 1.165) is 12.3 Å². The molecule has 3 amide bonds. The van der Waals surface area contributed by atoms with Gasteiger partial charge in [0.2, 0.25) is 5.91 Å². The SMILES string of the molecule is C[C@@H]1CC(=O)N1C[C@](C)(/C=N/NC(=O)c1ccc(NC(=O)c2ccc(O)c(O)c2Cl)cn1)[SH](=O)=O. The summed E-state index contributed by atoms with van der Waals surface area (Å²) >= 11 is 5.87. The van der Waals surface area contributed by atoms with Gasteiger partial charge >= 0.3 is 0 Å². The molecule has 0 unspecified atom stereocenters. The van der Waals surface area contributed by atoms with Crippen molar-refractivity contribution >= 4 is 51.9 Å². The highest BCUT2D eigenvalue weighted by Gasteiger charge is 2.39. The first-order valence-corrected chi connectivity index (χ1v) is 11.7. The van der Waals surface area contributed by atoms with E-state index < -0.39 is 38.8 Å². The van der Waals surface area contributed by atoms with E-state index in [4.69, 9.17) is 11.6 Å². The molecule has 14 heteroatoms. The minimum atomic E-state index is -3.00. The van der Waals surface area contributed by atoms with Gasteiger partial charge in [-0.3, -0.25) is 14.4 Å². The van der Waals surface area contributed by atoms with Crippen LogP contribution in [0.15, 0.2) is 35.6 Å².